The van der Waals surface area contributed by atoms with E-state index in [1.54, 1.807) is 6.07 Å². The minimum absolute atomic E-state index is 0.0112. The van der Waals surface area contributed by atoms with Gasteiger partial charge in [0.05, 0.1) is 5.69 Å². The van der Waals surface area contributed by atoms with Gasteiger partial charge in [-0.25, -0.2) is 0 Å². The Morgan fingerprint density at radius 3 is 2.45 bits per heavy atom. The molecule has 0 saturated carbocycles. The van der Waals surface area contributed by atoms with Crippen LogP contribution in [0.15, 0.2) is 60.7 Å². The maximum Gasteiger partial charge on any atom is 0.227 e. The van der Waals surface area contributed by atoms with E-state index >= 15 is 0 Å². The van der Waals surface area contributed by atoms with Crippen molar-refractivity contribution in [3.8, 4) is 11.3 Å². The van der Waals surface area contributed by atoms with Crippen LogP contribution in [0.5, 0.6) is 0 Å². The second-order valence-electron chi connectivity index (χ2n) is 7.36. The van der Waals surface area contributed by atoms with Crippen molar-refractivity contribution in [1.82, 2.24) is 10.2 Å². The molecule has 0 bridgehead atoms. The fourth-order valence-electron chi connectivity index (χ4n) is 3.54. The van der Waals surface area contributed by atoms with Crippen LogP contribution < -0.4 is 10.2 Å². The Kier molecular flexibility index (Phi) is 5.76. The monoisotopic (exact) mass is 406 g/mol. The highest BCUT2D eigenvalue weighted by atomic mass is 35.5. The molecule has 1 N–H and O–H groups in total. The maximum atomic E-state index is 12.6. The molecule has 3 aromatic rings. The number of nitrogens with one attached hydrogen (secondary N) is 1. The lowest BCUT2D eigenvalue weighted by molar-refractivity contribution is -0.120. The van der Waals surface area contributed by atoms with Crippen LogP contribution in [0.4, 0.5) is 11.5 Å². The molecule has 2 heterocycles. The van der Waals surface area contributed by atoms with E-state index in [1.807, 2.05) is 61.5 Å². The molecule has 0 radical (unpaired) electrons. The Labute approximate surface area is 175 Å². The molecular weight excluding hydrogens is 384 g/mol. The number of aromatic nitrogens is 2. The minimum Gasteiger partial charge on any atom is -0.355 e. The molecule has 1 aromatic heterocycles. The zero-order valence-electron chi connectivity index (χ0n) is 16.3. The lowest BCUT2D eigenvalue weighted by Crippen LogP contribution is -2.38. The fraction of sp³-hybridized carbons (Fsp3) is 0.261. The molecule has 29 heavy (non-hydrogen) atoms. The molecule has 148 valence electrons. The Hall–Kier alpha value is -2.92. The number of hydrogen-bond acceptors (Lipinski definition) is 4. The third-order valence-corrected chi connectivity index (χ3v) is 5.76. The molecule has 0 spiro atoms. The van der Waals surface area contributed by atoms with Gasteiger partial charge in [0.25, 0.3) is 0 Å². The molecule has 1 aliphatic heterocycles. The first-order valence-electron chi connectivity index (χ1n) is 9.81. The second kappa shape index (κ2) is 8.62. The molecule has 1 saturated heterocycles. The number of anilines is 2. The molecule has 6 heteroatoms. The number of carbonyl (C=O) groups is 1. The standard InChI is InChI=1S/C23H23ClN4O/c1-16-7-8-19(15-20(16)24)25-23(29)18-11-13-28(14-12-18)22-10-9-21(26-27-22)17-5-3-2-4-6-17/h2-10,15,18H,11-14H2,1H3,(H,25,29). The zero-order valence-corrected chi connectivity index (χ0v) is 17.1. The summed E-state index contributed by atoms with van der Waals surface area (Å²) in [6.07, 6.45) is 1.57. The first kappa shape index (κ1) is 19.4. The molecule has 0 atom stereocenters. The number of piperidine rings is 1. The summed E-state index contributed by atoms with van der Waals surface area (Å²) < 4.78 is 0. The molecule has 0 aliphatic carbocycles. The van der Waals surface area contributed by atoms with Gasteiger partial charge in [0.2, 0.25) is 5.91 Å². The van der Waals surface area contributed by atoms with Crippen molar-refractivity contribution < 1.29 is 4.79 Å². The Morgan fingerprint density at radius 1 is 1.03 bits per heavy atom. The van der Waals surface area contributed by atoms with E-state index in [4.69, 9.17) is 11.6 Å². The average Bonchev–Trinajstić information content (AvgIpc) is 2.77. The highest BCUT2D eigenvalue weighted by molar-refractivity contribution is 6.31. The van der Waals surface area contributed by atoms with Crippen LogP contribution in [-0.4, -0.2) is 29.2 Å². The Morgan fingerprint density at radius 2 is 1.79 bits per heavy atom. The van der Waals surface area contributed by atoms with E-state index in [-0.39, 0.29) is 11.8 Å². The number of rotatable bonds is 4. The van der Waals surface area contributed by atoms with Crippen LogP contribution in [0.25, 0.3) is 11.3 Å². The van der Waals surface area contributed by atoms with Crippen LogP contribution in [0.1, 0.15) is 18.4 Å². The van der Waals surface area contributed by atoms with E-state index in [9.17, 15) is 4.79 Å². The van der Waals surface area contributed by atoms with Gasteiger partial charge >= 0.3 is 0 Å². The summed E-state index contributed by atoms with van der Waals surface area (Å²) in [6, 6.07) is 19.6. The summed E-state index contributed by atoms with van der Waals surface area (Å²) >= 11 is 6.15. The van der Waals surface area contributed by atoms with Crippen molar-refractivity contribution in [2.24, 2.45) is 5.92 Å². The van der Waals surface area contributed by atoms with E-state index in [0.29, 0.717) is 5.02 Å². The summed E-state index contributed by atoms with van der Waals surface area (Å²) in [7, 11) is 0. The SMILES string of the molecule is Cc1ccc(NC(=O)C2CCN(c3ccc(-c4ccccc4)nn3)CC2)cc1Cl. The predicted molar refractivity (Wildman–Crippen MR) is 117 cm³/mol. The van der Waals surface area contributed by atoms with Gasteiger partial charge in [-0.1, -0.05) is 48.0 Å². The van der Waals surface area contributed by atoms with Crippen LogP contribution >= 0.6 is 11.6 Å². The molecule has 1 aliphatic rings. The third kappa shape index (κ3) is 4.57. The van der Waals surface area contributed by atoms with Crippen LogP contribution in [-0.2, 0) is 4.79 Å². The van der Waals surface area contributed by atoms with E-state index in [2.05, 4.69) is 20.4 Å². The number of nitrogens with zero attached hydrogens (tertiary/aromatic N) is 3. The summed E-state index contributed by atoms with van der Waals surface area (Å²) in [4.78, 5) is 14.8. The van der Waals surface area contributed by atoms with Gasteiger partial charge in [0.1, 0.15) is 0 Å². The van der Waals surface area contributed by atoms with Crippen molar-refractivity contribution in [3.63, 3.8) is 0 Å². The molecule has 0 unspecified atom stereocenters. The Bertz CT molecular complexity index is 984. The molecule has 1 amide bonds. The van der Waals surface area contributed by atoms with E-state index < -0.39 is 0 Å². The summed E-state index contributed by atoms with van der Waals surface area (Å²) in [5.74, 6) is 0.895. The van der Waals surface area contributed by atoms with Gasteiger partial charge in [-0.05, 0) is 49.6 Å². The normalized spacial score (nSPS) is 14.6. The first-order chi connectivity index (χ1) is 14.1. The Balaban J connectivity index is 1.34. The summed E-state index contributed by atoms with van der Waals surface area (Å²) in [5, 5.41) is 12.4. The van der Waals surface area contributed by atoms with E-state index in [1.165, 1.54) is 0 Å². The van der Waals surface area contributed by atoms with Gasteiger partial charge in [-0.15, -0.1) is 10.2 Å². The second-order valence-corrected chi connectivity index (χ2v) is 7.76. The number of carbonyl (C=O) groups excluding carboxylic acids is 1. The van der Waals surface area contributed by atoms with Crippen molar-refractivity contribution in [3.05, 3.63) is 71.2 Å². The van der Waals surface area contributed by atoms with Crippen LogP contribution in [0, 0.1) is 12.8 Å². The van der Waals surface area contributed by atoms with Crippen LogP contribution in [0.3, 0.4) is 0 Å². The molecule has 4 rings (SSSR count). The van der Waals surface area contributed by atoms with Gasteiger partial charge < -0.3 is 10.2 Å². The summed E-state index contributed by atoms with van der Waals surface area (Å²) in [6.45, 7) is 3.51. The topological polar surface area (TPSA) is 58.1 Å². The zero-order chi connectivity index (χ0) is 20.2. The number of benzene rings is 2. The van der Waals surface area contributed by atoms with Crippen molar-refractivity contribution >= 4 is 29.0 Å². The van der Waals surface area contributed by atoms with Gasteiger partial charge in [0, 0.05) is 35.3 Å². The average molecular weight is 407 g/mol. The minimum atomic E-state index is -0.0112. The van der Waals surface area contributed by atoms with Crippen molar-refractivity contribution in [2.45, 2.75) is 19.8 Å². The highest BCUT2D eigenvalue weighted by Crippen LogP contribution is 2.25. The van der Waals surface area contributed by atoms with Crippen molar-refractivity contribution in [2.75, 3.05) is 23.3 Å². The molecule has 2 aromatic carbocycles. The lowest BCUT2D eigenvalue weighted by Gasteiger charge is -2.31. The maximum absolute atomic E-state index is 12.6. The lowest BCUT2D eigenvalue weighted by atomic mass is 9.95. The predicted octanol–water partition coefficient (Wildman–Crippen LogP) is 4.96. The van der Waals surface area contributed by atoms with Gasteiger partial charge in [-0.2, -0.15) is 0 Å². The van der Waals surface area contributed by atoms with Crippen LogP contribution in [0.2, 0.25) is 5.02 Å². The summed E-state index contributed by atoms with van der Waals surface area (Å²) in [5.41, 5.74) is 3.66. The van der Waals surface area contributed by atoms with E-state index in [0.717, 1.165) is 54.3 Å². The number of amides is 1. The highest BCUT2D eigenvalue weighted by Gasteiger charge is 2.26. The first-order valence-corrected chi connectivity index (χ1v) is 10.2. The molecule has 5 nitrogen and oxygen atoms in total. The van der Waals surface area contributed by atoms with Gasteiger partial charge in [0.15, 0.2) is 5.82 Å². The smallest absolute Gasteiger partial charge is 0.227 e. The number of aryl methyl sites for hydroxylation is 1. The largest absolute Gasteiger partial charge is 0.355 e. The number of halogens is 1. The third-order valence-electron chi connectivity index (χ3n) is 5.35. The quantitative estimate of drug-likeness (QED) is 0.665. The fourth-order valence-corrected chi connectivity index (χ4v) is 3.72. The van der Waals surface area contributed by atoms with Crippen molar-refractivity contribution in [1.29, 1.82) is 0 Å². The number of hydrogen-bond donors (Lipinski definition) is 1. The molecule has 1 fully saturated rings. The molecular formula is C23H23ClN4O. The van der Waals surface area contributed by atoms with Gasteiger partial charge in [-0.3, -0.25) is 4.79 Å².